The Hall–Kier alpha value is -3.06. The smallest absolute Gasteiger partial charge is 0.252 e. The van der Waals surface area contributed by atoms with E-state index in [1.54, 1.807) is 31.3 Å². The van der Waals surface area contributed by atoms with E-state index in [4.69, 9.17) is 11.6 Å². The molecule has 0 aliphatic carbocycles. The number of carbonyl (C=O) groups excluding carboxylic acids is 1. The van der Waals surface area contributed by atoms with Crippen molar-refractivity contribution in [1.29, 1.82) is 0 Å². The van der Waals surface area contributed by atoms with Crippen LogP contribution in [-0.2, 0) is 6.54 Å². The Morgan fingerprint density at radius 3 is 2.53 bits per heavy atom. The molecule has 30 heavy (non-hydrogen) atoms. The number of aryl methyl sites for hydroxylation is 2. The molecule has 8 heteroatoms. The number of aromatic nitrogens is 2. The van der Waals surface area contributed by atoms with Gasteiger partial charge in [0, 0.05) is 33.2 Å². The average molecular weight is 427 g/mol. The molecule has 3 rings (SSSR count). The molecule has 2 aromatic carbocycles. The molecule has 0 unspecified atom stereocenters. The van der Waals surface area contributed by atoms with Gasteiger partial charge in [0.2, 0.25) is 0 Å². The first-order valence-corrected chi connectivity index (χ1v) is 10.4. The number of amides is 1. The lowest BCUT2D eigenvalue weighted by Gasteiger charge is -2.13. The van der Waals surface area contributed by atoms with Gasteiger partial charge in [0.1, 0.15) is 5.82 Å². The molecule has 3 aromatic rings. The van der Waals surface area contributed by atoms with Crippen molar-refractivity contribution < 1.29 is 4.79 Å². The Kier molecular flexibility index (Phi) is 7.68. The molecule has 0 fully saturated rings. The van der Waals surface area contributed by atoms with Crippen molar-refractivity contribution in [1.82, 2.24) is 25.5 Å². The number of carbonyl (C=O) groups is 1. The summed E-state index contributed by atoms with van der Waals surface area (Å²) in [4.78, 5) is 21.0. The van der Waals surface area contributed by atoms with Crippen molar-refractivity contribution in [3.05, 3.63) is 64.9 Å². The summed E-state index contributed by atoms with van der Waals surface area (Å²) >= 11 is 6.04. The van der Waals surface area contributed by atoms with Crippen molar-refractivity contribution in [2.24, 2.45) is 4.99 Å². The predicted octanol–water partition coefficient (Wildman–Crippen LogP) is 2.98. The fraction of sp³-hybridized carbons (Fsp3) is 0.318. The van der Waals surface area contributed by atoms with E-state index in [1.165, 1.54) is 0 Å². The van der Waals surface area contributed by atoms with Gasteiger partial charge >= 0.3 is 0 Å². The second-order valence-corrected chi connectivity index (χ2v) is 7.22. The number of fused-ring (bicyclic) bond motifs is 1. The largest absolute Gasteiger partial charge is 0.356 e. The highest BCUT2D eigenvalue weighted by atomic mass is 35.5. The van der Waals surface area contributed by atoms with Crippen molar-refractivity contribution in [3.63, 3.8) is 0 Å². The zero-order valence-electron chi connectivity index (χ0n) is 17.3. The molecular formula is C22H27ClN6O. The number of imidazole rings is 1. The Bertz CT molecular complexity index is 1030. The van der Waals surface area contributed by atoms with Crippen LogP contribution < -0.4 is 16.0 Å². The molecule has 1 aromatic heterocycles. The van der Waals surface area contributed by atoms with Crippen LogP contribution in [0.25, 0.3) is 11.0 Å². The van der Waals surface area contributed by atoms with Gasteiger partial charge < -0.3 is 20.5 Å². The number of hydrogen-bond acceptors (Lipinski definition) is 3. The number of rotatable bonds is 8. The van der Waals surface area contributed by atoms with E-state index in [0.717, 1.165) is 36.4 Å². The molecular weight excluding hydrogens is 400 g/mol. The summed E-state index contributed by atoms with van der Waals surface area (Å²) in [6.07, 6.45) is 0.936. The lowest BCUT2D eigenvalue weighted by atomic mass is 10.2. The van der Waals surface area contributed by atoms with Crippen LogP contribution in [0.1, 0.15) is 22.6 Å². The first-order chi connectivity index (χ1) is 14.6. The summed E-state index contributed by atoms with van der Waals surface area (Å²) in [6.45, 7) is 4.71. The van der Waals surface area contributed by atoms with E-state index in [1.807, 2.05) is 25.1 Å². The third-order valence-electron chi connectivity index (χ3n) is 4.74. The van der Waals surface area contributed by atoms with Gasteiger partial charge in [0.05, 0.1) is 21.6 Å². The molecule has 0 saturated heterocycles. The number of aliphatic imine (C=N–C) groups is 1. The SMILES string of the molecule is CN=C(NCCCn1c(C)nc2ccccc21)NCCNC(=O)c1ccccc1Cl. The van der Waals surface area contributed by atoms with E-state index in [9.17, 15) is 4.79 Å². The van der Waals surface area contributed by atoms with Crippen LogP contribution in [0, 0.1) is 6.92 Å². The molecule has 0 bridgehead atoms. The summed E-state index contributed by atoms with van der Waals surface area (Å²) in [7, 11) is 1.73. The van der Waals surface area contributed by atoms with Gasteiger partial charge in [-0.3, -0.25) is 9.79 Å². The van der Waals surface area contributed by atoms with Gasteiger partial charge in [-0.1, -0.05) is 35.9 Å². The monoisotopic (exact) mass is 426 g/mol. The van der Waals surface area contributed by atoms with Crippen molar-refractivity contribution in [2.75, 3.05) is 26.7 Å². The highest BCUT2D eigenvalue weighted by molar-refractivity contribution is 6.33. The van der Waals surface area contributed by atoms with Gasteiger partial charge in [-0.25, -0.2) is 4.98 Å². The molecule has 0 aliphatic heterocycles. The van der Waals surface area contributed by atoms with Crippen LogP contribution in [-0.4, -0.2) is 48.1 Å². The fourth-order valence-corrected chi connectivity index (χ4v) is 3.46. The van der Waals surface area contributed by atoms with E-state index in [0.29, 0.717) is 29.6 Å². The molecule has 0 saturated carbocycles. The number of nitrogens with zero attached hydrogens (tertiary/aromatic N) is 3. The minimum Gasteiger partial charge on any atom is -0.356 e. The van der Waals surface area contributed by atoms with Crippen LogP contribution in [0.3, 0.4) is 0 Å². The minimum atomic E-state index is -0.187. The van der Waals surface area contributed by atoms with Gasteiger partial charge in [-0.2, -0.15) is 0 Å². The zero-order valence-corrected chi connectivity index (χ0v) is 18.0. The van der Waals surface area contributed by atoms with Gasteiger partial charge in [0.25, 0.3) is 5.91 Å². The molecule has 3 N–H and O–H groups in total. The normalized spacial score (nSPS) is 11.5. The topological polar surface area (TPSA) is 83.3 Å². The lowest BCUT2D eigenvalue weighted by Crippen LogP contribution is -2.42. The molecule has 0 spiro atoms. The first kappa shape index (κ1) is 21.6. The summed E-state index contributed by atoms with van der Waals surface area (Å²) in [5.41, 5.74) is 2.66. The first-order valence-electron chi connectivity index (χ1n) is 9.99. The minimum absolute atomic E-state index is 0.187. The van der Waals surface area contributed by atoms with Crippen LogP contribution in [0.4, 0.5) is 0 Å². The lowest BCUT2D eigenvalue weighted by molar-refractivity contribution is 0.0954. The van der Waals surface area contributed by atoms with Crippen LogP contribution in [0.15, 0.2) is 53.5 Å². The standard InChI is InChI=1S/C22H27ClN6O/c1-16-28-19-10-5-6-11-20(19)29(16)15-7-12-26-22(24-2)27-14-13-25-21(30)17-8-3-4-9-18(17)23/h3-6,8-11H,7,12-15H2,1-2H3,(H,25,30)(H2,24,26,27). The maximum Gasteiger partial charge on any atom is 0.252 e. The molecule has 7 nitrogen and oxygen atoms in total. The summed E-state index contributed by atoms with van der Waals surface area (Å²) in [5, 5.41) is 9.79. The Morgan fingerprint density at radius 2 is 1.73 bits per heavy atom. The quantitative estimate of drug-likeness (QED) is 0.294. The Labute approximate surface area is 181 Å². The molecule has 0 aliphatic rings. The molecule has 0 radical (unpaired) electrons. The summed E-state index contributed by atoms with van der Waals surface area (Å²) in [5.74, 6) is 1.54. The molecule has 1 heterocycles. The van der Waals surface area contributed by atoms with E-state index in [-0.39, 0.29) is 5.91 Å². The highest BCUT2D eigenvalue weighted by Gasteiger charge is 2.09. The maximum absolute atomic E-state index is 12.1. The highest BCUT2D eigenvalue weighted by Crippen LogP contribution is 2.16. The van der Waals surface area contributed by atoms with Gasteiger partial charge in [-0.05, 0) is 37.6 Å². The fourth-order valence-electron chi connectivity index (χ4n) is 3.24. The van der Waals surface area contributed by atoms with Crippen LogP contribution in [0.5, 0.6) is 0 Å². The maximum atomic E-state index is 12.1. The van der Waals surface area contributed by atoms with E-state index in [2.05, 4.69) is 36.6 Å². The zero-order chi connectivity index (χ0) is 21.3. The predicted molar refractivity (Wildman–Crippen MR) is 122 cm³/mol. The van der Waals surface area contributed by atoms with Gasteiger partial charge in [-0.15, -0.1) is 0 Å². The number of para-hydroxylation sites is 2. The number of halogens is 1. The number of nitrogens with one attached hydrogen (secondary N) is 3. The second-order valence-electron chi connectivity index (χ2n) is 6.81. The summed E-state index contributed by atoms with van der Waals surface area (Å²) in [6, 6.07) is 15.2. The van der Waals surface area contributed by atoms with Crippen molar-refractivity contribution in [3.8, 4) is 0 Å². The van der Waals surface area contributed by atoms with Gasteiger partial charge in [0.15, 0.2) is 5.96 Å². The summed E-state index contributed by atoms with van der Waals surface area (Å²) < 4.78 is 2.23. The number of hydrogen-bond donors (Lipinski definition) is 3. The van der Waals surface area contributed by atoms with Crippen LogP contribution >= 0.6 is 11.6 Å². The Balaban J connectivity index is 1.37. The number of benzene rings is 2. The third-order valence-corrected chi connectivity index (χ3v) is 5.07. The Morgan fingerprint density at radius 1 is 1.03 bits per heavy atom. The van der Waals surface area contributed by atoms with Crippen LogP contribution in [0.2, 0.25) is 5.02 Å². The molecule has 1 amide bonds. The third kappa shape index (κ3) is 5.51. The van der Waals surface area contributed by atoms with E-state index >= 15 is 0 Å². The second kappa shape index (κ2) is 10.6. The molecule has 158 valence electrons. The number of guanidine groups is 1. The average Bonchev–Trinajstić information content (AvgIpc) is 3.07. The van der Waals surface area contributed by atoms with E-state index < -0.39 is 0 Å². The van der Waals surface area contributed by atoms with Crippen molar-refractivity contribution in [2.45, 2.75) is 19.9 Å². The molecule has 0 atom stereocenters. The van der Waals surface area contributed by atoms with Crippen molar-refractivity contribution >= 4 is 34.5 Å².